The van der Waals surface area contributed by atoms with Crippen LogP contribution < -0.4 is 34.4 Å². The van der Waals surface area contributed by atoms with Crippen molar-refractivity contribution in [3.8, 4) is 28.7 Å². The molecule has 3 rings (SSSR count). The maximum atomic E-state index is 13.2. The van der Waals surface area contributed by atoms with E-state index >= 15 is 0 Å². The monoisotopic (exact) mass is 519 g/mol. The van der Waals surface area contributed by atoms with Gasteiger partial charge in [0.1, 0.15) is 22.9 Å². The lowest BCUT2D eigenvalue weighted by Crippen LogP contribution is -2.32. The van der Waals surface area contributed by atoms with E-state index in [-0.39, 0.29) is 5.70 Å². The van der Waals surface area contributed by atoms with E-state index in [1.807, 2.05) is 0 Å². The second kappa shape index (κ2) is 13.4. The Kier molecular flexibility index (Phi) is 9.70. The maximum absolute atomic E-state index is 13.2. The van der Waals surface area contributed by atoms with Gasteiger partial charge in [0.2, 0.25) is 0 Å². The van der Waals surface area contributed by atoms with Crippen molar-refractivity contribution in [2.24, 2.45) is 5.10 Å². The fourth-order valence-electron chi connectivity index (χ4n) is 3.42. The van der Waals surface area contributed by atoms with Gasteiger partial charge in [-0.3, -0.25) is 9.59 Å². The Labute approximate surface area is 220 Å². The van der Waals surface area contributed by atoms with E-state index in [2.05, 4.69) is 15.8 Å². The molecule has 0 aliphatic heterocycles. The molecule has 0 heterocycles. The third-order valence-electron chi connectivity index (χ3n) is 5.37. The molecule has 3 aromatic rings. The minimum atomic E-state index is -0.671. The van der Waals surface area contributed by atoms with Crippen LogP contribution in [0.4, 0.5) is 0 Å². The number of hydrazone groups is 1. The summed E-state index contributed by atoms with van der Waals surface area (Å²) in [6.07, 6.45) is 2.87. The lowest BCUT2D eigenvalue weighted by Gasteiger charge is -2.12. The van der Waals surface area contributed by atoms with E-state index in [0.717, 1.165) is 0 Å². The van der Waals surface area contributed by atoms with Crippen molar-refractivity contribution in [3.63, 3.8) is 0 Å². The van der Waals surface area contributed by atoms with Crippen molar-refractivity contribution in [1.82, 2.24) is 10.7 Å². The minimum Gasteiger partial charge on any atom is -0.497 e. The third-order valence-corrected chi connectivity index (χ3v) is 5.37. The molecular weight excluding hydrogens is 490 g/mol. The average Bonchev–Trinajstić information content (AvgIpc) is 2.96. The number of hydrogen-bond acceptors (Lipinski definition) is 8. The molecular formula is C28H29N3O7. The van der Waals surface area contributed by atoms with Crippen molar-refractivity contribution in [2.45, 2.75) is 0 Å². The van der Waals surface area contributed by atoms with Gasteiger partial charge in [-0.25, -0.2) is 5.43 Å². The van der Waals surface area contributed by atoms with Crippen LogP contribution in [0.3, 0.4) is 0 Å². The second-order valence-corrected chi connectivity index (χ2v) is 7.63. The smallest absolute Gasteiger partial charge is 0.287 e. The molecule has 0 aliphatic carbocycles. The Morgan fingerprint density at radius 1 is 0.711 bits per heavy atom. The van der Waals surface area contributed by atoms with Crippen molar-refractivity contribution in [1.29, 1.82) is 0 Å². The lowest BCUT2D eigenvalue weighted by molar-refractivity contribution is -0.117. The van der Waals surface area contributed by atoms with E-state index in [1.54, 1.807) is 60.7 Å². The fraction of sp³-hybridized carbons (Fsp3) is 0.179. The molecule has 2 amide bonds. The summed E-state index contributed by atoms with van der Waals surface area (Å²) >= 11 is 0. The van der Waals surface area contributed by atoms with Gasteiger partial charge < -0.3 is 29.0 Å². The SMILES string of the molecule is COc1ccc(OC)c(/C=C(\NC(=O)c2ccccc2)C(=O)N/N=C\c2cc(OC)c(OC)cc2OC)c1. The number of ether oxygens (including phenoxy) is 5. The van der Waals surface area contributed by atoms with Crippen LogP contribution in [0.2, 0.25) is 0 Å². The molecule has 2 N–H and O–H groups in total. The van der Waals surface area contributed by atoms with Crippen LogP contribution in [0, 0.1) is 0 Å². The first-order valence-electron chi connectivity index (χ1n) is 11.4. The van der Waals surface area contributed by atoms with Crippen LogP contribution >= 0.6 is 0 Å². The van der Waals surface area contributed by atoms with Gasteiger partial charge in [-0.2, -0.15) is 5.10 Å². The molecule has 0 bridgehead atoms. The molecule has 38 heavy (non-hydrogen) atoms. The summed E-state index contributed by atoms with van der Waals surface area (Å²) in [6, 6.07) is 16.9. The number of carbonyl (C=O) groups excluding carboxylic acids is 2. The average molecular weight is 520 g/mol. The van der Waals surface area contributed by atoms with E-state index in [9.17, 15) is 9.59 Å². The maximum Gasteiger partial charge on any atom is 0.287 e. The second-order valence-electron chi connectivity index (χ2n) is 7.63. The van der Waals surface area contributed by atoms with Crippen molar-refractivity contribution in [3.05, 3.63) is 83.1 Å². The number of hydrogen-bond donors (Lipinski definition) is 2. The van der Waals surface area contributed by atoms with Crippen LogP contribution in [0.25, 0.3) is 6.08 Å². The molecule has 0 saturated heterocycles. The van der Waals surface area contributed by atoms with Gasteiger partial charge in [0.05, 0.1) is 41.8 Å². The third kappa shape index (κ3) is 6.82. The minimum absolute atomic E-state index is 0.0677. The number of nitrogens with zero attached hydrogens (tertiary/aromatic N) is 1. The van der Waals surface area contributed by atoms with Crippen molar-refractivity contribution < 1.29 is 33.3 Å². The number of nitrogens with one attached hydrogen (secondary N) is 2. The highest BCUT2D eigenvalue weighted by Crippen LogP contribution is 2.33. The summed E-state index contributed by atoms with van der Waals surface area (Å²) in [4.78, 5) is 26.0. The van der Waals surface area contributed by atoms with Crippen LogP contribution in [-0.4, -0.2) is 53.6 Å². The predicted octanol–water partition coefficient (Wildman–Crippen LogP) is 3.65. The first kappa shape index (κ1) is 27.6. The fourth-order valence-corrected chi connectivity index (χ4v) is 3.42. The molecule has 10 heteroatoms. The lowest BCUT2D eigenvalue weighted by atomic mass is 10.1. The number of methoxy groups -OCH3 is 5. The largest absolute Gasteiger partial charge is 0.497 e. The van der Waals surface area contributed by atoms with Gasteiger partial charge in [-0.1, -0.05) is 18.2 Å². The van der Waals surface area contributed by atoms with E-state index in [0.29, 0.717) is 45.4 Å². The first-order valence-corrected chi connectivity index (χ1v) is 11.4. The molecule has 0 radical (unpaired) electrons. The summed E-state index contributed by atoms with van der Waals surface area (Å²) in [6.45, 7) is 0. The van der Waals surface area contributed by atoms with E-state index in [4.69, 9.17) is 23.7 Å². The number of carbonyl (C=O) groups is 2. The van der Waals surface area contributed by atoms with Crippen LogP contribution in [-0.2, 0) is 4.79 Å². The molecule has 0 saturated carbocycles. The standard InChI is InChI=1S/C28H29N3O7/c1-34-21-11-12-23(35-2)19(13-21)14-22(30-27(32)18-9-7-6-8-10-18)28(33)31-29-17-20-15-25(37-4)26(38-5)16-24(20)36-3/h6-17H,1-5H3,(H,30,32)(H,31,33)/b22-14-,29-17-. The van der Waals surface area contributed by atoms with Gasteiger partial charge >= 0.3 is 0 Å². The summed E-state index contributed by atoms with van der Waals surface area (Å²) in [5.74, 6) is 1.27. The Morgan fingerprint density at radius 3 is 2.00 bits per heavy atom. The molecule has 0 fully saturated rings. The van der Waals surface area contributed by atoms with E-state index < -0.39 is 11.8 Å². The van der Waals surface area contributed by atoms with Gasteiger partial charge in [0.25, 0.3) is 11.8 Å². The number of rotatable bonds is 11. The zero-order valence-corrected chi connectivity index (χ0v) is 21.7. The molecule has 0 aliphatic rings. The summed E-state index contributed by atoms with van der Waals surface area (Å²) in [7, 11) is 7.55. The quantitative estimate of drug-likeness (QED) is 0.226. The molecule has 0 spiro atoms. The van der Waals surface area contributed by atoms with Crippen LogP contribution in [0.1, 0.15) is 21.5 Å². The van der Waals surface area contributed by atoms with Crippen molar-refractivity contribution in [2.75, 3.05) is 35.5 Å². The summed E-state index contributed by atoms with van der Waals surface area (Å²) < 4.78 is 26.7. The Balaban J connectivity index is 1.93. The molecule has 0 atom stereocenters. The zero-order valence-electron chi connectivity index (χ0n) is 21.7. The highest BCUT2D eigenvalue weighted by Gasteiger charge is 2.16. The topological polar surface area (TPSA) is 117 Å². The van der Waals surface area contributed by atoms with Gasteiger partial charge in [0.15, 0.2) is 11.5 Å². The number of benzene rings is 3. The summed E-state index contributed by atoms with van der Waals surface area (Å²) in [5.41, 5.74) is 3.79. The molecule has 10 nitrogen and oxygen atoms in total. The Morgan fingerprint density at radius 2 is 1.37 bits per heavy atom. The summed E-state index contributed by atoms with van der Waals surface area (Å²) in [5, 5.41) is 6.70. The number of amides is 2. The Hall–Kier alpha value is -4.99. The normalized spacial score (nSPS) is 11.0. The van der Waals surface area contributed by atoms with Crippen molar-refractivity contribution >= 4 is 24.1 Å². The van der Waals surface area contributed by atoms with Gasteiger partial charge in [-0.15, -0.1) is 0 Å². The van der Waals surface area contributed by atoms with Gasteiger partial charge in [0, 0.05) is 22.8 Å². The van der Waals surface area contributed by atoms with E-state index in [1.165, 1.54) is 47.8 Å². The molecule has 198 valence electrons. The molecule has 0 unspecified atom stereocenters. The highest BCUT2D eigenvalue weighted by molar-refractivity contribution is 6.05. The van der Waals surface area contributed by atoms with Gasteiger partial charge in [-0.05, 0) is 42.5 Å². The molecule has 3 aromatic carbocycles. The molecule has 0 aromatic heterocycles. The zero-order chi connectivity index (χ0) is 27.5. The Bertz CT molecular complexity index is 1340. The van der Waals surface area contributed by atoms with Crippen LogP contribution in [0.5, 0.6) is 28.7 Å². The first-order chi connectivity index (χ1) is 18.4. The predicted molar refractivity (Wildman–Crippen MR) is 143 cm³/mol. The highest BCUT2D eigenvalue weighted by atomic mass is 16.5. The van der Waals surface area contributed by atoms with Crippen LogP contribution in [0.15, 0.2) is 71.5 Å².